The molecule has 1 rings (SSSR count). The van der Waals surface area contributed by atoms with E-state index in [1.807, 2.05) is 0 Å². The normalized spacial score (nSPS) is 11.9. The van der Waals surface area contributed by atoms with Gasteiger partial charge >= 0.3 is 6.18 Å². The molecule has 0 N–H and O–H groups in total. The summed E-state index contributed by atoms with van der Waals surface area (Å²) < 4.78 is 61.3. The first-order chi connectivity index (χ1) is 6.31. The van der Waals surface area contributed by atoms with Gasteiger partial charge in [-0.25, -0.2) is 8.78 Å². The highest BCUT2D eigenvalue weighted by atomic mass is 35.5. The van der Waals surface area contributed by atoms with Crippen LogP contribution >= 0.6 is 11.6 Å². The fraction of sp³-hybridized carbons (Fsp3) is 0.250. The summed E-state index contributed by atoms with van der Waals surface area (Å²) in [5.41, 5.74) is -1.05. The lowest BCUT2D eigenvalue weighted by Gasteiger charge is -2.08. The Hall–Kier alpha value is -0.840. The van der Waals surface area contributed by atoms with Crippen LogP contribution in [0, 0.1) is 11.6 Å². The lowest BCUT2D eigenvalue weighted by Crippen LogP contribution is -2.14. The molecule has 0 unspecified atom stereocenters. The largest absolute Gasteiger partial charge is 0.393 e. The molecule has 1 aromatic carbocycles. The van der Waals surface area contributed by atoms with Crippen LogP contribution in [0.5, 0.6) is 0 Å². The van der Waals surface area contributed by atoms with Crippen molar-refractivity contribution in [3.05, 3.63) is 34.4 Å². The highest BCUT2D eigenvalue weighted by Crippen LogP contribution is 2.27. The van der Waals surface area contributed by atoms with Crippen molar-refractivity contribution in [3.63, 3.8) is 0 Å². The molecule has 0 saturated heterocycles. The van der Waals surface area contributed by atoms with Gasteiger partial charge in [0.25, 0.3) is 0 Å². The van der Waals surface area contributed by atoms with E-state index in [2.05, 4.69) is 0 Å². The Balaban J connectivity index is 3.13. The molecule has 14 heavy (non-hydrogen) atoms. The Morgan fingerprint density at radius 3 is 2.21 bits per heavy atom. The fourth-order valence-corrected chi connectivity index (χ4v) is 1.11. The van der Waals surface area contributed by atoms with Crippen molar-refractivity contribution in [2.24, 2.45) is 0 Å². The number of rotatable bonds is 1. The lowest BCUT2D eigenvalue weighted by atomic mass is 10.1. The van der Waals surface area contributed by atoms with Gasteiger partial charge in [-0.05, 0) is 12.1 Å². The maximum absolute atomic E-state index is 12.9. The van der Waals surface area contributed by atoms with Crippen LogP contribution in [0.4, 0.5) is 22.0 Å². The van der Waals surface area contributed by atoms with Gasteiger partial charge in [-0.2, -0.15) is 13.2 Å². The topological polar surface area (TPSA) is 0 Å². The first kappa shape index (κ1) is 11.2. The van der Waals surface area contributed by atoms with Gasteiger partial charge in [-0.1, -0.05) is 11.6 Å². The zero-order valence-electron chi connectivity index (χ0n) is 6.63. The Kier molecular flexibility index (Phi) is 2.99. The number of hydrogen-bond acceptors (Lipinski definition) is 0. The molecule has 0 aliphatic heterocycles. The van der Waals surface area contributed by atoms with E-state index in [1.165, 1.54) is 0 Å². The summed E-state index contributed by atoms with van der Waals surface area (Å²) in [6, 6.07) is 1.57. The third kappa shape index (κ3) is 2.57. The zero-order chi connectivity index (χ0) is 10.9. The summed E-state index contributed by atoms with van der Waals surface area (Å²) in [6.07, 6.45) is -6.32. The summed E-state index contributed by atoms with van der Waals surface area (Å²) >= 11 is 5.21. The van der Waals surface area contributed by atoms with Crippen molar-refractivity contribution in [2.75, 3.05) is 0 Å². The van der Waals surface area contributed by atoms with Crippen molar-refractivity contribution in [1.82, 2.24) is 0 Å². The van der Waals surface area contributed by atoms with Crippen LogP contribution in [0.25, 0.3) is 0 Å². The van der Waals surface area contributed by atoms with Crippen LogP contribution < -0.4 is 0 Å². The Morgan fingerprint density at radius 2 is 1.71 bits per heavy atom. The molecule has 78 valence electrons. The Morgan fingerprint density at radius 1 is 1.14 bits per heavy atom. The Bertz CT molecular complexity index is 344. The van der Waals surface area contributed by atoms with Gasteiger partial charge in [0.05, 0.1) is 11.4 Å². The molecule has 1 aromatic rings. The minimum atomic E-state index is -4.66. The van der Waals surface area contributed by atoms with E-state index < -0.39 is 34.8 Å². The summed E-state index contributed by atoms with van der Waals surface area (Å²) in [5.74, 6) is -2.60. The maximum atomic E-state index is 12.9. The summed E-state index contributed by atoms with van der Waals surface area (Å²) in [4.78, 5) is 0. The SMILES string of the molecule is Fc1ccc(Cl)c(F)c1CC(F)(F)F. The van der Waals surface area contributed by atoms with E-state index in [0.29, 0.717) is 6.07 Å². The van der Waals surface area contributed by atoms with E-state index in [-0.39, 0.29) is 0 Å². The minimum absolute atomic E-state index is 0.523. The second kappa shape index (κ2) is 3.73. The molecule has 0 fully saturated rings. The predicted molar refractivity (Wildman–Crippen MR) is 41.1 cm³/mol. The van der Waals surface area contributed by atoms with E-state index in [1.54, 1.807) is 0 Å². The van der Waals surface area contributed by atoms with Crippen LogP contribution in [0.15, 0.2) is 12.1 Å². The first-order valence-corrected chi connectivity index (χ1v) is 3.88. The summed E-state index contributed by atoms with van der Waals surface area (Å²) in [6.45, 7) is 0. The highest BCUT2D eigenvalue weighted by molar-refractivity contribution is 6.30. The van der Waals surface area contributed by atoms with Gasteiger partial charge < -0.3 is 0 Å². The van der Waals surface area contributed by atoms with Crippen molar-refractivity contribution in [3.8, 4) is 0 Å². The monoisotopic (exact) mass is 230 g/mol. The molecule has 0 heterocycles. The van der Waals surface area contributed by atoms with Crippen molar-refractivity contribution in [2.45, 2.75) is 12.6 Å². The van der Waals surface area contributed by atoms with Gasteiger partial charge in [-0.3, -0.25) is 0 Å². The van der Waals surface area contributed by atoms with Gasteiger partial charge in [-0.15, -0.1) is 0 Å². The van der Waals surface area contributed by atoms with Crippen LogP contribution in [-0.2, 0) is 6.42 Å². The average molecular weight is 231 g/mol. The van der Waals surface area contributed by atoms with Crippen LogP contribution in [0.2, 0.25) is 5.02 Å². The molecule has 0 saturated carbocycles. The number of alkyl halides is 3. The number of hydrogen-bond donors (Lipinski definition) is 0. The maximum Gasteiger partial charge on any atom is 0.393 e. The molecule has 0 radical (unpaired) electrons. The molecule has 0 aromatic heterocycles. The molecular weight excluding hydrogens is 227 g/mol. The molecule has 0 aliphatic rings. The van der Waals surface area contributed by atoms with E-state index in [9.17, 15) is 22.0 Å². The minimum Gasteiger partial charge on any atom is -0.207 e. The lowest BCUT2D eigenvalue weighted by molar-refractivity contribution is -0.128. The van der Waals surface area contributed by atoms with Gasteiger partial charge in [0, 0.05) is 5.56 Å². The molecule has 0 spiro atoms. The van der Waals surface area contributed by atoms with E-state index in [0.717, 1.165) is 6.07 Å². The van der Waals surface area contributed by atoms with Crippen molar-refractivity contribution >= 4 is 11.6 Å². The standard InChI is InChI=1S/C8H4ClF5/c9-5-1-2-6(10)4(7(5)11)3-8(12,13)14/h1-2H,3H2. The molecular formula is C8H4ClF5. The molecule has 0 atom stereocenters. The van der Waals surface area contributed by atoms with E-state index >= 15 is 0 Å². The third-order valence-corrected chi connectivity index (χ3v) is 1.81. The Labute approximate surface area is 81.3 Å². The van der Waals surface area contributed by atoms with Crippen molar-refractivity contribution < 1.29 is 22.0 Å². The molecule has 0 aliphatic carbocycles. The molecule has 0 nitrogen and oxygen atoms in total. The second-order valence-corrected chi connectivity index (χ2v) is 3.02. The molecule has 0 amide bonds. The van der Waals surface area contributed by atoms with Gasteiger partial charge in [0.2, 0.25) is 0 Å². The molecule has 0 bridgehead atoms. The highest BCUT2D eigenvalue weighted by Gasteiger charge is 2.31. The fourth-order valence-electron chi connectivity index (χ4n) is 0.932. The zero-order valence-corrected chi connectivity index (χ0v) is 7.39. The summed E-state index contributed by atoms with van der Waals surface area (Å²) in [5, 5.41) is -0.523. The predicted octanol–water partition coefficient (Wildman–Crippen LogP) is 3.72. The first-order valence-electron chi connectivity index (χ1n) is 3.50. The average Bonchev–Trinajstić information content (AvgIpc) is 2.04. The van der Waals surface area contributed by atoms with E-state index in [4.69, 9.17) is 11.6 Å². The number of benzene rings is 1. The van der Waals surface area contributed by atoms with Crippen LogP contribution in [0.3, 0.4) is 0 Å². The van der Waals surface area contributed by atoms with Crippen LogP contribution in [0.1, 0.15) is 5.56 Å². The summed E-state index contributed by atoms with van der Waals surface area (Å²) in [7, 11) is 0. The smallest absolute Gasteiger partial charge is 0.207 e. The number of halogens is 6. The van der Waals surface area contributed by atoms with Gasteiger partial charge in [0.15, 0.2) is 0 Å². The van der Waals surface area contributed by atoms with Gasteiger partial charge in [0.1, 0.15) is 11.6 Å². The molecule has 6 heteroatoms. The quantitative estimate of drug-likeness (QED) is 0.509. The van der Waals surface area contributed by atoms with Crippen molar-refractivity contribution in [1.29, 1.82) is 0 Å². The van der Waals surface area contributed by atoms with Crippen LogP contribution in [-0.4, -0.2) is 6.18 Å². The second-order valence-electron chi connectivity index (χ2n) is 2.61. The third-order valence-electron chi connectivity index (χ3n) is 1.52.